The van der Waals surface area contributed by atoms with Crippen molar-refractivity contribution in [2.45, 2.75) is 25.8 Å². The molecule has 0 aromatic heterocycles. The second-order valence-electron chi connectivity index (χ2n) is 5.62. The van der Waals surface area contributed by atoms with Gasteiger partial charge in [0.05, 0.1) is 0 Å². The largest absolute Gasteiger partial charge is 0.312 e. The molecular formula is C10H24N4Si. The zero-order valence-electron chi connectivity index (χ0n) is 10.2. The summed E-state index contributed by atoms with van der Waals surface area (Å²) in [6.45, 7) is 14.0. The lowest BCUT2D eigenvalue weighted by Crippen LogP contribution is -2.80. The van der Waals surface area contributed by atoms with Gasteiger partial charge in [-0.15, -0.1) is 0 Å². The maximum Gasteiger partial charge on any atom is 0.287 e. The molecule has 0 unspecified atom stereocenters. The third kappa shape index (κ3) is 2.26. The van der Waals surface area contributed by atoms with Gasteiger partial charge in [-0.1, -0.05) is 20.8 Å². The molecule has 3 aliphatic rings. The van der Waals surface area contributed by atoms with Crippen LogP contribution in [0.1, 0.15) is 20.8 Å². The van der Waals surface area contributed by atoms with Gasteiger partial charge in [-0.25, -0.2) is 0 Å². The van der Waals surface area contributed by atoms with Crippen molar-refractivity contribution in [1.29, 1.82) is 0 Å². The summed E-state index contributed by atoms with van der Waals surface area (Å²) >= 11 is 0. The maximum absolute atomic E-state index is 3.78. The molecule has 4 nitrogen and oxygen atoms in total. The molecule has 88 valence electrons. The maximum atomic E-state index is 3.78. The predicted octanol–water partition coefficient (Wildman–Crippen LogP) is -0.177. The van der Waals surface area contributed by atoms with Crippen LogP contribution in [0.15, 0.2) is 0 Å². The number of hydrogen-bond donors (Lipinski definition) is 3. The smallest absolute Gasteiger partial charge is 0.287 e. The first-order valence-electron chi connectivity index (χ1n) is 6.01. The van der Waals surface area contributed by atoms with Crippen molar-refractivity contribution in [3.8, 4) is 0 Å². The SMILES string of the molecule is CC(C)(C)[Si]12NCCN(CCN1)CCN2. The van der Waals surface area contributed by atoms with E-state index in [2.05, 4.69) is 40.6 Å². The Labute approximate surface area is 94.0 Å². The van der Waals surface area contributed by atoms with Crippen molar-refractivity contribution in [2.24, 2.45) is 0 Å². The van der Waals surface area contributed by atoms with Crippen LogP contribution in [-0.2, 0) is 0 Å². The van der Waals surface area contributed by atoms with Crippen LogP contribution in [0.3, 0.4) is 0 Å². The average molecular weight is 228 g/mol. The minimum absolute atomic E-state index is 0.312. The fraction of sp³-hybridized carbons (Fsp3) is 1.00. The molecule has 2 bridgehead atoms. The molecular weight excluding hydrogens is 204 g/mol. The van der Waals surface area contributed by atoms with Crippen LogP contribution in [0.4, 0.5) is 0 Å². The topological polar surface area (TPSA) is 39.3 Å². The highest BCUT2D eigenvalue weighted by Crippen LogP contribution is 2.30. The lowest BCUT2D eigenvalue weighted by atomic mass is 10.2. The van der Waals surface area contributed by atoms with Gasteiger partial charge in [0.1, 0.15) is 0 Å². The Balaban J connectivity index is 2.19. The van der Waals surface area contributed by atoms with Gasteiger partial charge in [0.15, 0.2) is 0 Å². The molecule has 0 atom stereocenters. The van der Waals surface area contributed by atoms with Crippen molar-refractivity contribution in [3.05, 3.63) is 0 Å². The third-order valence-corrected chi connectivity index (χ3v) is 8.17. The summed E-state index contributed by atoms with van der Waals surface area (Å²) in [5.41, 5.74) is 0. The normalized spacial score (nSPS) is 38.2. The standard InChI is InChI=1S/C10H24N4Si/c1-10(2,3)15-11-4-7-14(8-5-12-15)9-6-13-15/h11-13H,4-9H2,1-3H3. The van der Waals surface area contributed by atoms with E-state index in [1.165, 1.54) is 19.6 Å². The first-order chi connectivity index (χ1) is 7.04. The van der Waals surface area contributed by atoms with Crippen molar-refractivity contribution >= 4 is 8.56 Å². The van der Waals surface area contributed by atoms with Gasteiger partial charge in [0.2, 0.25) is 0 Å². The molecule has 3 heterocycles. The van der Waals surface area contributed by atoms with E-state index in [1.807, 2.05) is 0 Å². The van der Waals surface area contributed by atoms with Crippen LogP contribution in [0, 0.1) is 0 Å². The summed E-state index contributed by atoms with van der Waals surface area (Å²) in [5.74, 6) is 0. The summed E-state index contributed by atoms with van der Waals surface area (Å²) in [4.78, 5) is 13.9. The summed E-state index contributed by atoms with van der Waals surface area (Å²) in [5, 5.41) is 0.312. The van der Waals surface area contributed by atoms with E-state index in [0.29, 0.717) is 5.04 Å². The Morgan fingerprint density at radius 2 is 1.27 bits per heavy atom. The molecule has 0 amide bonds. The number of hydrogen-bond acceptors (Lipinski definition) is 4. The predicted molar refractivity (Wildman–Crippen MR) is 65.9 cm³/mol. The molecule has 0 aromatic carbocycles. The Kier molecular flexibility index (Phi) is 3.19. The Bertz CT molecular complexity index is 199. The van der Waals surface area contributed by atoms with Crippen molar-refractivity contribution in [3.63, 3.8) is 0 Å². The quantitative estimate of drug-likeness (QED) is 0.503. The minimum Gasteiger partial charge on any atom is -0.312 e. The highest BCUT2D eigenvalue weighted by molar-refractivity contribution is 6.75. The van der Waals surface area contributed by atoms with Crippen LogP contribution in [0.5, 0.6) is 0 Å². The summed E-state index contributed by atoms with van der Waals surface area (Å²) < 4.78 is 0. The van der Waals surface area contributed by atoms with E-state index >= 15 is 0 Å². The first-order valence-corrected chi connectivity index (χ1v) is 8.01. The van der Waals surface area contributed by atoms with E-state index in [0.717, 1.165) is 19.6 Å². The molecule has 3 saturated heterocycles. The molecule has 3 aliphatic heterocycles. The molecule has 3 N–H and O–H groups in total. The van der Waals surface area contributed by atoms with Crippen LogP contribution in [0.25, 0.3) is 0 Å². The molecule has 0 saturated carbocycles. The fourth-order valence-electron chi connectivity index (χ4n) is 2.52. The lowest BCUT2D eigenvalue weighted by Gasteiger charge is -2.48. The molecule has 0 aromatic rings. The number of nitrogens with one attached hydrogen (secondary N) is 3. The molecule has 0 spiro atoms. The van der Waals surface area contributed by atoms with E-state index in [4.69, 9.17) is 0 Å². The van der Waals surface area contributed by atoms with Crippen LogP contribution < -0.4 is 14.9 Å². The molecule has 3 fully saturated rings. The molecule has 0 aliphatic carbocycles. The molecule has 5 heteroatoms. The van der Waals surface area contributed by atoms with E-state index < -0.39 is 8.56 Å². The summed E-state index contributed by atoms with van der Waals surface area (Å²) in [6, 6.07) is 0. The van der Waals surface area contributed by atoms with Gasteiger partial charge in [-0.05, 0) is 5.04 Å². The van der Waals surface area contributed by atoms with E-state index in [-0.39, 0.29) is 0 Å². The lowest BCUT2D eigenvalue weighted by molar-refractivity contribution is 0.263. The molecule has 3 rings (SSSR count). The summed E-state index contributed by atoms with van der Waals surface area (Å²) in [7, 11) is -1.71. The number of rotatable bonds is 0. The van der Waals surface area contributed by atoms with Crippen molar-refractivity contribution in [1.82, 2.24) is 19.8 Å². The van der Waals surface area contributed by atoms with Gasteiger partial charge in [-0.3, -0.25) is 4.90 Å². The second-order valence-corrected chi connectivity index (χ2v) is 9.68. The first kappa shape index (κ1) is 11.5. The Morgan fingerprint density at radius 3 is 1.60 bits per heavy atom. The van der Waals surface area contributed by atoms with Gasteiger partial charge in [0.25, 0.3) is 8.56 Å². The van der Waals surface area contributed by atoms with E-state index in [9.17, 15) is 0 Å². The Hall–Kier alpha value is 0.0569. The average Bonchev–Trinajstić information content (AvgIpc) is 1.96. The Morgan fingerprint density at radius 1 is 0.867 bits per heavy atom. The van der Waals surface area contributed by atoms with Crippen molar-refractivity contribution < 1.29 is 0 Å². The zero-order valence-corrected chi connectivity index (χ0v) is 11.2. The number of nitrogens with zero attached hydrogens (tertiary/aromatic N) is 1. The highest BCUT2D eigenvalue weighted by atomic mass is 28.4. The monoisotopic (exact) mass is 228 g/mol. The number of fused-ring (bicyclic) bond motifs is 6. The van der Waals surface area contributed by atoms with Crippen LogP contribution >= 0.6 is 0 Å². The van der Waals surface area contributed by atoms with Gasteiger partial charge in [0, 0.05) is 39.3 Å². The minimum atomic E-state index is -1.71. The fourth-order valence-corrected chi connectivity index (χ4v) is 5.95. The van der Waals surface area contributed by atoms with E-state index in [1.54, 1.807) is 0 Å². The molecule has 0 radical (unpaired) electrons. The van der Waals surface area contributed by atoms with Crippen LogP contribution in [0.2, 0.25) is 5.04 Å². The third-order valence-electron chi connectivity index (χ3n) is 3.58. The van der Waals surface area contributed by atoms with Crippen molar-refractivity contribution in [2.75, 3.05) is 39.3 Å². The highest BCUT2D eigenvalue weighted by Gasteiger charge is 2.46. The van der Waals surface area contributed by atoms with Crippen LogP contribution in [-0.4, -0.2) is 52.7 Å². The van der Waals surface area contributed by atoms with Gasteiger partial charge < -0.3 is 14.9 Å². The van der Waals surface area contributed by atoms with Gasteiger partial charge in [-0.2, -0.15) is 0 Å². The second kappa shape index (κ2) is 4.14. The summed E-state index contributed by atoms with van der Waals surface area (Å²) in [6.07, 6.45) is 0. The van der Waals surface area contributed by atoms with Gasteiger partial charge >= 0.3 is 0 Å². The molecule has 15 heavy (non-hydrogen) atoms. The zero-order chi connectivity index (χ0) is 10.9.